The molecule has 0 spiro atoms. The average Bonchev–Trinajstić information content (AvgIpc) is 3.01. The lowest BCUT2D eigenvalue weighted by Gasteiger charge is -2.21. The number of thioether (sulfide) groups is 1. The van der Waals surface area contributed by atoms with Gasteiger partial charge >= 0.3 is 6.03 Å². The van der Waals surface area contributed by atoms with Crippen LogP contribution >= 0.6 is 23.1 Å². The maximum Gasteiger partial charge on any atom is 0.321 e. The van der Waals surface area contributed by atoms with Gasteiger partial charge in [-0.2, -0.15) is 11.8 Å². The molecule has 128 valence electrons. The van der Waals surface area contributed by atoms with E-state index in [1.54, 1.807) is 11.3 Å². The second-order valence-electron chi connectivity index (χ2n) is 5.51. The van der Waals surface area contributed by atoms with E-state index in [2.05, 4.69) is 22.8 Å². The van der Waals surface area contributed by atoms with Crippen LogP contribution in [-0.4, -0.2) is 36.4 Å². The minimum absolute atomic E-state index is 0.0467. The van der Waals surface area contributed by atoms with Crippen molar-refractivity contribution in [2.24, 2.45) is 0 Å². The van der Waals surface area contributed by atoms with Gasteiger partial charge in [0.05, 0.1) is 12.3 Å². The van der Waals surface area contributed by atoms with Crippen LogP contribution in [0.15, 0.2) is 41.8 Å². The Morgan fingerprint density at radius 3 is 2.96 bits per heavy atom. The summed E-state index contributed by atoms with van der Waals surface area (Å²) in [5, 5.41) is 5.62. The number of benzene rings is 1. The van der Waals surface area contributed by atoms with Crippen molar-refractivity contribution in [3.8, 4) is 5.75 Å². The van der Waals surface area contributed by atoms with Gasteiger partial charge < -0.3 is 15.0 Å². The Morgan fingerprint density at radius 1 is 1.29 bits per heavy atom. The van der Waals surface area contributed by atoms with Gasteiger partial charge in [0.25, 0.3) is 0 Å². The smallest absolute Gasteiger partial charge is 0.321 e. The fourth-order valence-electron chi connectivity index (χ4n) is 2.72. The predicted molar refractivity (Wildman–Crippen MR) is 102 cm³/mol. The fraction of sp³-hybridized carbons (Fsp3) is 0.389. The summed E-state index contributed by atoms with van der Waals surface area (Å²) < 4.78 is 5.58. The number of thiophene rings is 1. The molecular formula is C18H22N2O2S2. The molecule has 1 fully saturated rings. The normalized spacial score (nSPS) is 18.0. The molecule has 1 saturated heterocycles. The molecule has 2 amide bonds. The number of hydrogen-bond acceptors (Lipinski definition) is 4. The van der Waals surface area contributed by atoms with E-state index in [9.17, 15) is 4.79 Å². The third-order valence-electron chi connectivity index (χ3n) is 3.92. The minimum atomic E-state index is -0.0467. The zero-order valence-corrected chi connectivity index (χ0v) is 15.4. The molecule has 0 radical (unpaired) electrons. The van der Waals surface area contributed by atoms with Crippen molar-refractivity contribution in [2.75, 3.05) is 30.8 Å². The van der Waals surface area contributed by atoms with Gasteiger partial charge in [0, 0.05) is 29.0 Å². The van der Waals surface area contributed by atoms with Crippen LogP contribution in [-0.2, 0) is 0 Å². The number of hydrogen-bond donors (Lipinski definition) is 1. The highest BCUT2D eigenvalue weighted by Crippen LogP contribution is 2.36. The lowest BCUT2D eigenvalue weighted by atomic mass is 10.2. The van der Waals surface area contributed by atoms with E-state index in [-0.39, 0.29) is 6.03 Å². The van der Waals surface area contributed by atoms with Crippen LogP contribution in [0.5, 0.6) is 5.75 Å². The largest absolute Gasteiger partial charge is 0.492 e. The maximum atomic E-state index is 12.6. The van der Waals surface area contributed by atoms with Gasteiger partial charge in [-0.05, 0) is 36.9 Å². The molecule has 4 nitrogen and oxygen atoms in total. The number of anilines is 1. The van der Waals surface area contributed by atoms with Crippen molar-refractivity contribution < 1.29 is 9.53 Å². The van der Waals surface area contributed by atoms with Crippen LogP contribution in [0.1, 0.15) is 23.5 Å². The van der Waals surface area contributed by atoms with Crippen molar-refractivity contribution in [1.29, 1.82) is 0 Å². The van der Waals surface area contributed by atoms with Gasteiger partial charge in [0.1, 0.15) is 5.75 Å². The molecule has 0 bridgehead atoms. The number of nitrogens with zero attached hydrogens (tertiary/aromatic N) is 1. The SMILES string of the molecule is CCOc1ccccc1NC(=O)N1CCSC(c2cccs2)CC1. The zero-order chi connectivity index (χ0) is 16.8. The van der Waals surface area contributed by atoms with Crippen LogP contribution in [0.4, 0.5) is 10.5 Å². The highest BCUT2D eigenvalue weighted by atomic mass is 32.2. The van der Waals surface area contributed by atoms with Gasteiger partial charge in [-0.25, -0.2) is 4.79 Å². The Morgan fingerprint density at radius 2 is 2.17 bits per heavy atom. The predicted octanol–water partition coefficient (Wildman–Crippen LogP) is 4.86. The summed E-state index contributed by atoms with van der Waals surface area (Å²) >= 11 is 3.75. The Balaban J connectivity index is 1.61. The summed E-state index contributed by atoms with van der Waals surface area (Å²) in [5.74, 6) is 1.68. The molecule has 2 heterocycles. The van der Waals surface area contributed by atoms with E-state index in [1.165, 1.54) is 4.88 Å². The van der Waals surface area contributed by atoms with Crippen LogP contribution in [0.3, 0.4) is 0 Å². The van der Waals surface area contributed by atoms with E-state index < -0.39 is 0 Å². The van der Waals surface area contributed by atoms with E-state index >= 15 is 0 Å². The average molecular weight is 363 g/mol. The third kappa shape index (κ3) is 4.24. The molecular weight excluding hydrogens is 340 g/mol. The Bertz CT molecular complexity index is 661. The van der Waals surface area contributed by atoms with Gasteiger partial charge in [-0.3, -0.25) is 0 Å². The van der Waals surface area contributed by atoms with E-state index in [0.29, 0.717) is 17.6 Å². The molecule has 0 aliphatic carbocycles. The Hall–Kier alpha value is -1.66. The van der Waals surface area contributed by atoms with Crippen molar-refractivity contribution in [3.05, 3.63) is 46.7 Å². The maximum absolute atomic E-state index is 12.6. The lowest BCUT2D eigenvalue weighted by Crippen LogP contribution is -2.36. The fourth-order valence-corrected chi connectivity index (χ4v) is 4.96. The van der Waals surface area contributed by atoms with Gasteiger partial charge in [0.2, 0.25) is 0 Å². The van der Waals surface area contributed by atoms with Crippen LogP contribution in [0, 0.1) is 0 Å². The molecule has 1 aliphatic rings. The van der Waals surface area contributed by atoms with Gasteiger partial charge in [-0.1, -0.05) is 18.2 Å². The number of carbonyl (C=O) groups excluding carboxylic acids is 1. The van der Waals surface area contributed by atoms with Gasteiger partial charge in [0.15, 0.2) is 0 Å². The molecule has 6 heteroatoms. The van der Waals surface area contributed by atoms with E-state index in [0.717, 1.165) is 31.0 Å². The summed E-state index contributed by atoms with van der Waals surface area (Å²) in [5.41, 5.74) is 0.732. The Kier molecular flexibility index (Phi) is 6.04. The number of amides is 2. The summed E-state index contributed by atoms with van der Waals surface area (Å²) in [6.45, 7) is 4.07. The summed E-state index contributed by atoms with van der Waals surface area (Å²) in [6.07, 6.45) is 0.992. The summed E-state index contributed by atoms with van der Waals surface area (Å²) in [4.78, 5) is 15.9. The van der Waals surface area contributed by atoms with Gasteiger partial charge in [-0.15, -0.1) is 11.3 Å². The molecule has 0 saturated carbocycles. The van der Waals surface area contributed by atoms with Crippen molar-refractivity contribution in [2.45, 2.75) is 18.6 Å². The molecule has 1 aromatic heterocycles. The Labute approximate surface area is 151 Å². The monoisotopic (exact) mass is 362 g/mol. The van der Waals surface area contributed by atoms with E-state index in [4.69, 9.17) is 4.74 Å². The number of carbonyl (C=O) groups is 1. The van der Waals surface area contributed by atoms with Crippen LogP contribution in [0.2, 0.25) is 0 Å². The third-order valence-corrected chi connectivity index (χ3v) is 6.36. The van der Waals surface area contributed by atoms with Crippen molar-refractivity contribution >= 4 is 34.8 Å². The number of para-hydroxylation sites is 2. The number of nitrogens with one attached hydrogen (secondary N) is 1. The molecule has 1 aliphatic heterocycles. The highest BCUT2D eigenvalue weighted by molar-refractivity contribution is 7.99. The number of urea groups is 1. The first-order valence-corrected chi connectivity index (χ1v) is 10.1. The second kappa shape index (κ2) is 8.44. The molecule has 1 aromatic carbocycles. The number of ether oxygens (including phenoxy) is 1. The second-order valence-corrected chi connectivity index (χ2v) is 7.80. The topological polar surface area (TPSA) is 41.6 Å². The number of rotatable bonds is 4. The molecule has 2 aromatic rings. The molecule has 1 N–H and O–H groups in total. The van der Waals surface area contributed by atoms with Crippen LogP contribution < -0.4 is 10.1 Å². The quantitative estimate of drug-likeness (QED) is 0.844. The molecule has 3 rings (SSSR count). The molecule has 24 heavy (non-hydrogen) atoms. The minimum Gasteiger partial charge on any atom is -0.492 e. The first-order chi connectivity index (χ1) is 11.8. The van der Waals surface area contributed by atoms with Crippen molar-refractivity contribution in [1.82, 2.24) is 4.90 Å². The first kappa shape index (κ1) is 17.2. The standard InChI is InChI=1S/C18H22N2O2S2/c1-2-22-15-7-4-3-6-14(15)19-18(21)20-10-9-17(24-13-11-20)16-8-5-12-23-16/h3-8,12,17H,2,9-11,13H2,1H3,(H,19,21). The van der Waals surface area contributed by atoms with E-state index in [1.807, 2.05) is 47.9 Å². The lowest BCUT2D eigenvalue weighted by molar-refractivity contribution is 0.215. The molecule has 1 atom stereocenters. The summed E-state index contributed by atoms with van der Waals surface area (Å²) in [6, 6.07) is 11.8. The summed E-state index contributed by atoms with van der Waals surface area (Å²) in [7, 11) is 0. The zero-order valence-electron chi connectivity index (χ0n) is 13.7. The van der Waals surface area contributed by atoms with Crippen molar-refractivity contribution in [3.63, 3.8) is 0 Å². The van der Waals surface area contributed by atoms with Crippen LogP contribution in [0.25, 0.3) is 0 Å². The molecule has 1 unspecified atom stereocenters. The first-order valence-electron chi connectivity index (χ1n) is 8.20. The highest BCUT2D eigenvalue weighted by Gasteiger charge is 2.23.